The first kappa shape index (κ1) is 15.7. The summed E-state index contributed by atoms with van der Waals surface area (Å²) in [7, 11) is 1.63. The van der Waals surface area contributed by atoms with Gasteiger partial charge in [0.05, 0.1) is 6.54 Å². The number of carbonyl (C=O) groups excluding carboxylic acids is 1. The number of carbonyl (C=O) groups is 2. The average Bonchev–Trinajstić information content (AvgIpc) is 2.22. The summed E-state index contributed by atoms with van der Waals surface area (Å²) >= 11 is 0. The van der Waals surface area contributed by atoms with Crippen LogP contribution in [0.4, 0.5) is 4.79 Å². The number of hydrogen-bond acceptors (Lipinski definition) is 3. The van der Waals surface area contributed by atoms with Gasteiger partial charge in [-0.05, 0) is 19.3 Å². The second-order valence-electron chi connectivity index (χ2n) is 4.84. The molecule has 6 nitrogen and oxygen atoms in total. The molecule has 0 fully saturated rings. The normalized spacial score (nSPS) is 14.2. The lowest BCUT2D eigenvalue weighted by atomic mass is 10.1. The van der Waals surface area contributed by atoms with Crippen molar-refractivity contribution in [2.24, 2.45) is 5.92 Å². The summed E-state index contributed by atoms with van der Waals surface area (Å²) in [6.07, 6.45) is 0.874. The molecule has 0 bridgehead atoms. The van der Waals surface area contributed by atoms with Crippen LogP contribution in [0.25, 0.3) is 0 Å². The van der Waals surface area contributed by atoms with Crippen LogP contribution in [0.1, 0.15) is 27.2 Å². The van der Waals surface area contributed by atoms with E-state index in [1.807, 2.05) is 0 Å². The third-order valence-corrected chi connectivity index (χ3v) is 2.43. The second-order valence-corrected chi connectivity index (χ2v) is 4.84. The van der Waals surface area contributed by atoms with Gasteiger partial charge in [-0.15, -0.1) is 0 Å². The van der Waals surface area contributed by atoms with Gasteiger partial charge < -0.3 is 20.4 Å². The number of aliphatic carboxylic acids is 1. The van der Waals surface area contributed by atoms with E-state index in [0.717, 1.165) is 13.3 Å². The maximum Gasteiger partial charge on any atom is 0.337 e. The lowest BCUT2D eigenvalue weighted by Gasteiger charge is -2.22. The molecule has 0 aliphatic rings. The number of rotatable bonds is 6. The highest BCUT2D eigenvalue weighted by Crippen LogP contribution is 2.03. The van der Waals surface area contributed by atoms with Gasteiger partial charge in [-0.25, -0.2) is 9.59 Å². The SMILES string of the molecule is CC(C)CCN(C)C(=O)NCC(C)(O)C(=O)O. The second kappa shape index (κ2) is 6.44. The number of carboxylic acids is 1. The van der Waals surface area contributed by atoms with E-state index in [1.165, 1.54) is 4.90 Å². The number of aliphatic hydroxyl groups is 1. The largest absolute Gasteiger partial charge is 0.479 e. The number of amides is 2. The van der Waals surface area contributed by atoms with Crippen molar-refractivity contribution in [1.29, 1.82) is 0 Å². The fourth-order valence-electron chi connectivity index (χ4n) is 1.01. The van der Waals surface area contributed by atoms with Gasteiger partial charge in [0.2, 0.25) is 0 Å². The number of urea groups is 1. The molecule has 1 unspecified atom stereocenters. The summed E-state index contributed by atoms with van der Waals surface area (Å²) in [5.41, 5.74) is -1.94. The average molecular weight is 246 g/mol. The molecule has 0 aliphatic carbocycles. The van der Waals surface area contributed by atoms with Gasteiger partial charge in [0.15, 0.2) is 5.60 Å². The van der Waals surface area contributed by atoms with Crippen LogP contribution < -0.4 is 5.32 Å². The molecule has 0 rings (SSSR count). The van der Waals surface area contributed by atoms with E-state index in [9.17, 15) is 14.7 Å². The monoisotopic (exact) mass is 246 g/mol. The number of nitrogens with one attached hydrogen (secondary N) is 1. The first-order valence-corrected chi connectivity index (χ1v) is 5.61. The Hall–Kier alpha value is -1.30. The fraction of sp³-hybridized carbons (Fsp3) is 0.818. The number of nitrogens with zero attached hydrogens (tertiary/aromatic N) is 1. The highest BCUT2D eigenvalue weighted by atomic mass is 16.4. The Kier molecular flexibility index (Phi) is 5.95. The smallest absolute Gasteiger partial charge is 0.337 e. The maximum absolute atomic E-state index is 11.5. The van der Waals surface area contributed by atoms with E-state index in [-0.39, 0.29) is 12.6 Å². The van der Waals surface area contributed by atoms with Gasteiger partial charge in [-0.2, -0.15) is 0 Å². The van der Waals surface area contributed by atoms with E-state index in [0.29, 0.717) is 12.5 Å². The zero-order valence-electron chi connectivity index (χ0n) is 10.9. The van der Waals surface area contributed by atoms with Crippen LogP contribution in [0.5, 0.6) is 0 Å². The number of carboxylic acid groups (broad SMARTS) is 1. The molecule has 0 saturated heterocycles. The minimum atomic E-state index is -1.94. The number of hydrogen-bond donors (Lipinski definition) is 3. The van der Waals surface area contributed by atoms with Crippen molar-refractivity contribution < 1.29 is 19.8 Å². The molecule has 0 aromatic carbocycles. The summed E-state index contributed by atoms with van der Waals surface area (Å²) in [5.74, 6) is -0.866. The lowest BCUT2D eigenvalue weighted by molar-refractivity contribution is -0.155. The van der Waals surface area contributed by atoms with Crippen molar-refractivity contribution in [1.82, 2.24) is 10.2 Å². The summed E-state index contributed by atoms with van der Waals surface area (Å²) in [6, 6.07) is -0.382. The van der Waals surface area contributed by atoms with E-state index < -0.39 is 11.6 Å². The highest BCUT2D eigenvalue weighted by molar-refractivity contribution is 5.79. The van der Waals surface area contributed by atoms with Crippen molar-refractivity contribution in [3.8, 4) is 0 Å². The van der Waals surface area contributed by atoms with Gasteiger partial charge >= 0.3 is 12.0 Å². The van der Waals surface area contributed by atoms with Crippen molar-refractivity contribution >= 4 is 12.0 Å². The van der Waals surface area contributed by atoms with Crippen LogP contribution in [-0.2, 0) is 4.79 Å². The Morgan fingerprint density at radius 3 is 2.35 bits per heavy atom. The van der Waals surface area contributed by atoms with Crippen LogP contribution in [0.15, 0.2) is 0 Å². The van der Waals surface area contributed by atoms with Crippen LogP contribution in [0.2, 0.25) is 0 Å². The van der Waals surface area contributed by atoms with Gasteiger partial charge in [0.1, 0.15) is 0 Å². The van der Waals surface area contributed by atoms with Gasteiger partial charge in [-0.3, -0.25) is 0 Å². The molecular formula is C11H22N2O4. The zero-order valence-corrected chi connectivity index (χ0v) is 10.9. The molecule has 3 N–H and O–H groups in total. The highest BCUT2D eigenvalue weighted by Gasteiger charge is 2.30. The van der Waals surface area contributed by atoms with Crippen LogP contribution in [0, 0.1) is 5.92 Å². The molecule has 0 aromatic heterocycles. The van der Waals surface area contributed by atoms with Crippen molar-refractivity contribution in [2.75, 3.05) is 20.1 Å². The van der Waals surface area contributed by atoms with Crippen molar-refractivity contribution in [2.45, 2.75) is 32.8 Å². The summed E-state index contributed by atoms with van der Waals surface area (Å²) in [6.45, 7) is 5.54. The third kappa shape index (κ3) is 6.11. The first-order valence-electron chi connectivity index (χ1n) is 5.61. The molecule has 0 heterocycles. The molecule has 0 radical (unpaired) electrons. The molecule has 0 aromatic rings. The Balaban J connectivity index is 4.05. The summed E-state index contributed by atoms with van der Waals surface area (Å²) < 4.78 is 0. The van der Waals surface area contributed by atoms with Crippen LogP contribution >= 0.6 is 0 Å². The van der Waals surface area contributed by atoms with E-state index in [4.69, 9.17) is 5.11 Å². The first-order chi connectivity index (χ1) is 7.66. The molecule has 17 heavy (non-hydrogen) atoms. The maximum atomic E-state index is 11.5. The standard InChI is InChI=1S/C11H22N2O4/c1-8(2)5-6-13(4)10(16)12-7-11(3,17)9(14)15/h8,17H,5-7H2,1-4H3,(H,12,16)(H,14,15). The lowest BCUT2D eigenvalue weighted by Crippen LogP contribution is -2.49. The Morgan fingerprint density at radius 1 is 1.41 bits per heavy atom. The summed E-state index contributed by atoms with van der Waals surface area (Å²) in [5, 5.41) is 20.4. The van der Waals surface area contributed by atoms with Crippen LogP contribution in [0.3, 0.4) is 0 Å². The molecule has 100 valence electrons. The molecule has 6 heteroatoms. The van der Waals surface area contributed by atoms with Gasteiger partial charge in [0, 0.05) is 13.6 Å². The zero-order chi connectivity index (χ0) is 13.6. The van der Waals surface area contributed by atoms with Crippen LogP contribution in [-0.4, -0.2) is 52.9 Å². The Labute approximate surface area is 102 Å². The predicted octanol–water partition coefficient (Wildman–Crippen LogP) is 0.509. The van der Waals surface area contributed by atoms with E-state index in [1.54, 1.807) is 7.05 Å². The fourth-order valence-corrected chi connectivity index (χ4v) is 1.01. The quantitative estimate of drug-likeness (QED) is 0.637. The minimum absolute atomic E-state index is 0.312. The molecule has 0 aliphatic heterocycles. The van der Waals surface area contributed by atoms with Crippen molar-refractivity contribution in [3.63, 3.8) is 0 Å². The Bertz CT molecular complexity index is 277. The molecule has 0 spiro atoms. The molecule has 2 amide bonds. The van der Waals surface area contributed by atoms with Gasteiger partial charge in [0.25, 0.3) is 0 Å². The topological polar surface area (TPSA) is 89.9 Å². The van der Waals surface area contributed by atoms with E-state index in [2.05, 4.69) is 19.2 Å². The minimum Gasteiger partial charge on any atom is -0.479 e. The van der Waals surface area contributed by atoms with Crippen molar-refractivity contribution in [3.05, 3.63) is 0 Å². The third-order valence-electron chi connectivity index (χ3n) is 2.43. The summed E-state index contributed by atoms with van der Waals surface area (Å²) in [4.78, 5) is 23.6. The van der Waals surface area contributed by atoms with E-state index >= 15 is 0 Å². The molecule has 0 saturated carbocycles. The molecular weight excluding hydrogens is 224 g/mol. The Morgan fingerprint density at radius 2 is 1.94 bits per heavy atom. The van der Waals surface area contributed by atoms with Gasteiger partial charge in [-0.1, -0.05) is 13.8 Å². The predicted molar refractivity (Wildman–Crippen MR) is 63.7 cm³/mol. The molecule has 1 atom stereocenters.